The van der Waals surface area contributed by atoms with E-state index in [0.29, 0.717) is 5.56 Å². The van der Waals surface area contributed by atoms with Crippen molar-refractivity contribution < 1.29 is 22.1 Å². The first-order valence-electron chi connectivity index (χ1n) is 8.48. The summed E-state index contributed by atoms with van der Waals surface area (Å²) in [5.74, 6) is -1.37. The molecule has 1 atom stereocenters. The predicted molar refractivity (Wildman–Crippen MR) is 115 cm³/mol. The number of halogens is 5. The van der Waals surface area contributed by atoms with E-state index in [0.717, 1.165) is 18.3 Å². The molecule has 0 aliphatic carbocycles. The summed E-state index contributed by atoms with van der Waals surface area (Å²) in [7, 11) is 1.36. The number of benzene rings is 2. The number of rotatable bonds is 5. The molecule has 0 aliphatic rings. The van der Waals surface area contributed by atoms with Gasteiger partial charge in [0.15, 0.2) is 5.76 Å². The SMILES string of the molecule is Cc1cccc(F)c1-c1noc(C(=CN)C(=Nc2cccc(F)c2)C(F)(F)P)c1Br. The van der Waals surface area contributed by atoms with Gasteiger partial charge in [-0.25, -0.2) is 13.8 Å². The first kappa shape index (κ1) is 22.2. The van der Waals surface area contributed by atoms with Crippen molar-refractivity contribution in [2.75, 3.05) is 0 Å². The van der Waals surface area contributed by atoms with Gasteiger partial charge < -0.3 is 10.3 Å². The fourth-order valence-corrected chi connectivity index (χ4v) is 3.56. The summed E-state index contributed by atoms with van der Waals surface area (Å²) in [5.41, 5.74) is 1.74. The van der Waals surface area contributed by atoms with Gasteiger partial charge in [-0.2, -0.15) is 8.78 Å². The second kappa shape index (κ2) is 8.70. The van der Waals surface area contributed by atoms with Gasteiger partial charge in [-0.3, -0.25) is 0 Å². The zero-order valence-corrected chi connectivity index (χ0v) is 18.2. The fraction of sp³-hybridized carbons (Fsp3) is 0.100. The second-order valence-electron chi connectivity index (χ2n) is 6.25. The molecule has 1 unspecified atom stereocenters. The van der Waals surface area contributed by atoms with Crippen LogP contribution in [0.3, 0.4) is 0 Å². The average molecular weight is 500 g/mol. The molecule has 2 aromatic carbocycles. The average Bonchev–Trinajstić information content (AvgIpc) is 3.02. The van der Waals surface area contributed by atoms with Gasteiger partial charge in [0, 0.05) is 11.8 Å². The van der Waals surface area contributed by atoms with Gasteiger partial charge in [0.25, 0.3) is 0 Å². The molecule has 2 N–H and O–H groups in total. The van der Waals surface area contributed by atoms with Gasteiger partial charge >= 0.3 is 5.66 Å². The summed E-state index contributed by atoms with van der Waals surface area (Å²) >= 11 is 3.24. The molecule has 1 aromatic heterocycles. The Morgan fingerprint density at radius 3 is 2.53 bits per heavy atom. The molecule has 30 heavy (non-hydrogen) atoms. The Bertz CT molecular complexity index is 1130. The van der Waals surface area contributed by atoms with E-state index in [4.69, 9.17) is 10.3 Å². The van der Waals surface area contributed by atoms with Gasteiger partial charge in [-0.05, 0) is 52.7 Å². The minimum absolute atomic E-state index is 0.0488. The van der Waals surface area contributed by atoms with Crippen LogP contribution in [0.5, 0.6) is 0 Å². The number of hydrogen-bond acceptors (Lipinski definition) is 4. The zero-order chi connectivity index (χ0) is 22.1. The van der Waals surface area contributed by atoms with E-state index in [1.807, 2.05) is 0 Å². The third-order valence-electron chi connectivity index (χ3n) is 4.13. The van der Waals surface area contributed by atoms with Crippen LogP contribution in [0.15, 0.2) is 62.7 Å². The molecule has 1 heterocycles. The Morgan fingerprint density at radius 2 is 1.93 bits per heavy atom. The topological polar surface area (TPSA) is 64.4 Å². The van der Waals surface area contributed by atoms with Crippen LogP contribution < -0.4 is 5.73 Å². The van der Waals surface area contributed by atoms with Crippen LogP contribution in [0.25, 0.3) is 16.8 Å². The molecule has 0 saturated carbocycles. The van der Waals surface area contributed by atoms with E-state index in [1.165, 1.54) is 33.5 Å². The number of aliphatic imine (C=N–C) groups is 1. The second-order valence-corrected chi connectivity index (χ2v) is 7.77. The lowest BCUT2D eigenvalue weighted by Crippen LogP contribution is -2.23. The normalized spacial score (nSPS) is 13.0. The zero-order valence-electron chi connectivity index (χ0n) is 15.5. The number of nitrogens with two attached hydrogens (primary N) is 1. The monoisotopic (exact) mass is 499 g/mol. The van der Waals surface area contributed by atoms with Crippen molar-refractivity contribution in [3.05, 3.63) is 76.1 Å². The summed E-state index contributed by atoms with van der Waals surface area (Å²) in [6.45, 7) is 1.67. The van der Waals surface area contributed by atoms with E-state index in [9.17, 15) is 17.6 Å². The maximum atomic E-state index is 14.4. The van der Waals surface area contributed by atoms with Crippen molar-refractivity contribution >= 4 is 42.1 Å². The van der Waals surface area contributed by atoms with Gasteiger partial charge in [0.05, 0.1) is 15.7 Å². The number of hydrogen-bond donors (Lipinski definition) is 1. The molecule has 0 bridgehead atoms. The molecule has 4 nitrogen and oxygen atoms in total. The minimum atomic E-state index is -3.54. The minimum Gasteiger partial charge on any atom is -0.404 e. The lowest BCUT2D eigenvalue weighted by atomic mass is 10.0. The maximum Gasteiger partial charge on any atom is 0.301 e. The van der Waals surface area contributed by atoms with Crippen molar-refractivity contribution in [1.29, 1.82) is 0 Å². The van der Waals surface area contributed by atoms with E-state index in [2.05, 4.69) is 26.1 Å². The van der Waals surface area contributed by atoms with Crippen molar-refractivity contribution in [3.8, 4) is 11.3 Å². The van der Waals surface area contributed by atoms with Gasteiger partial charge in [0.1, 0.15) is 23.0 Å². The van der Waals surface area contributed by atoms with Crippen LogP contribution in [-0.4, -0.2) is 16.5 Å². The molecular weight excluding hydrogens is 485 g/mol. The molecule has 0 radical (unpaired) electrons. The molecule has 10 heteroatoms. The van der Waals surface area contributed by atoms with Gasteiger partial charge in [-0.15, -0.1) is 0 Å². The van der Waals surface area contributed by atoms with Crippen LogP contribution >= 0.6 is 25.2 Å². The molecule has 3 aromatic rings. The summed E-state index contributed by atoms with van der Waals surface area (Å²) < 4.78 is 62.0. The summed E-state index contributed by atoms with van der Waals surface area (Å²) in [5, 5.41) is 3.84. The highest BCUT2D eigenvalue weighted by atomic mass is 79.9. The highest BCUT2D eigenvalue weighted by molar-refractivity contribution is 9.10. The summed E-state index contributed by atoms with van der Waals surface area (Å²) in [6.07, 6.45) is 0.874. The Balaban J connectivity index is 2.16. The largest absolute Gasteiger partial charge is 0.404 e. The summed E-state index contributed by atoms with van der Waals surface area (Å²) in [6, 6.07) is 9.30. The number of allylic oxidation sites excluding steroid dienone is 1. The molecule has 0 aliphatic heterocycles. The van der Waals surface area contributed by atoms with Crippen molar-refractivity contribution in [2.45, 2.75) is 12.6 Å². The van der Waals surface area contributed by atoms with Crippen LogP contribution in [0.1, 0.15) is 11.3 Å². The molecule has 3 rings (SSSR count). The molecule has 0 amide bonds. The fourth-order valence-electron chi connectivity index (χ4n) is 2.78. The Kier molecular flexibility index (Phi) is 6.43. The van der Waals surface area contributed by atoms with Crippen molar-refractivity contribution in [3.63, 3.8) is 0 Å². The first-order valence-corrected chi connectivity index (χ1v) is 9.85. The van der Waals surface area contributed by atoms with Crippen LogP contribution in [0, 0.1) is 18.6 Å². The molecule has 0 fully saturated rings. The lowest BCUT2D eigenvalue weighted by molar-refractivity contribution is 0.185. The molecule has 156 valence electrons. The maximum absolute atomic E-state index is 14.4. The van der Waals surface area contributed by atoms with E-state index in [-0.39, 0.29) is 32.8 Å². The quantitative estimate of drug-likeness (QED) is 0.257. The Labute approximate surface area is 180 Å². The molecule has 0 saturated heterocycles. The van der Waals surface area contributed by atoms with E-state index < -0.39 is 23.0 Å². The smallest absolute Gasteiger partial charge is 0.301 e. The van der Waals surface area contributed by atoms with Crippen LogP contribution in [0.4, 0.5) is 23.2 Å². The third-order valence-corrected chi connectivity index (χ3v) is 5.13. The number of aromatic nitrogens is 1. The lowest BCUT2D eigenvalue weighted by Gasteiger charge is -2.15. The van der Waals surface area contributed by atoms with Crippen molar-refractivity contribution in [2.24, 2.45) is 10.7 Å². The highest BCUT2D eigenvalue weighted by Gasteiger charge is 2.36. The number of alkyl halides is 2. The van der Waals surface area contributed by atoms with Crippen LogP contribution in [-0.2, 0) is 0 Å². The third kappa shape index (κ3) is 4.47. The van der Waals surface area contributed by atoms with Gasteiger partial charge in [-0.1, -0.05) is 32.6 Å². The van der Waals surface area contributed by atoms with E-state index in [1.54, 1.807) is 13.0 Å². The predicted octanol–water partition coefficient (Wildman–Crippen LogP) is 6.23. The van der Waals surface area contributed by atoms with Crippen molar-refractivity contribution in [1.82, 2.24) is 5.16 Å². The standard InChI is InChI=1S/C20H15BrF4N3OP/c1-10-4-2-7-14(23)15(10)17-16(21)18(29-28-17)13(9-26)19(20(24,25)30)27-12-6-3-5-11(22)8-12/h2-9H,26,30H2,1H3. The summed E-state index contributed by atoms with van der Waals surface area (Å²) in [4.78, 5) is 3.87. The van der Waals surface area contributed by atoms with E-state index >= 15 is 0 Å². The van der Waals surface area contributed by atoms with Crippen LogP contribution in [0.2, 0.25) is 0 Å². The first-order chi connectivity index (χ1) is 14.1. The number of nitrogens with zero attached hydrogens (tertiary/aromatic N) is 2. The Hall–Kier alpha value is -2.51. The molecular formula is C20H15BrF4N3OP. The molecule has 0 spiro atoms. The Morgan fingerprint density at radius 1 is 1.23 bits per heavy atom. The number of aryl methyl sites for hydroxylation is 1. The highest BCUT2D eigenvalue weighted by Crippen LogP contribution is 2.40. The van der Waals surface area contributed by atoms with Gasteiger partial charge in [0.2, 0.25) is 0 Å².